The number of rotatable bonds is 6. The van der Waals surface area contributed by atoms with E-state index in [1.54, 1.807) is 0 Å². The van der Waals surface area contributed by atoms with Gasteiger partial charge in [0.1, 0.15) is 17.2 Å². The fraction of sp³-hybridized carbons (Fsp3) is 0.312. The van der Waals surface area contributed by atoms with E-state index in [0.29, 0.717) is 5.75 Å². The molecule has 0 aromatic heterocycles. The number of aliphatic carboxylic acids is 1. The Morgan fingerprint density at radius 2 is 1.60 bits per heavy atom. The summed E-state index contributed by atoms with van der Waals surface area (Å²) >= 11 is 12.1. The highest BCUT2D eigenvalue weighted by molar-refractivity contribution is 6.69. The number of Topliss-reactive ketones (excluding diaryl/α,β-unsaturated/α-hetero) is 2. The molecule has 1 atom stereocenters. The summed E-state index contributed by atoms with van der Waals surface area (Å²) in [6.45, 7) is 0. The van der Waals surface area contributed by atoms with Crippen LogP contribution in [0.3, 0.4) is 0 Å². The van der Waals surface area contributed by atoms with Gasteiger partial charge in [-0.1, -0.05) is 11.6 Å². The monoisotopic (exact) mass is 388 g/mol. The topological polar surface area (TPSA) is 99.1 Å². The summed E-state index contributed by atoms with van der Waals surface area (Å²) in [7, 11) is 4.12. The molecule has 7 nitrogen and oxygen atoms in total. The molecule has 1 aliphatic rings. The first-order valence-electron chi connectivity index (χ1n) is 6.91. The molecule has 0 fully saturated rings. The molecule has 0 saturated heterocycles. The second-order valence-electron chi connectivity index (χ2n) is 5.13. The van der Waals surface area contributed by atoms with Gasteiger partial charge in [0, 0.05) is 12.1 Å². The maximum atomic E-state index is 12.8. The first kappa shape index (κ1) is 19.1. The summed E-state index contributed by atoms with van der Waals surface area (Å²) in [4.78, 5) is 33.9. The first-order valence-corrected chi connectivity index (χ1v) is 7.67. The van der Waals surface area contributed by atoms with Crippen LogP contribution < -0.4 is 14.2 Å². The molecule has 0 spiro atoms. The van der Waals surface area contributed by atoms with Crippen molar-refractivity contribution >= 4 is 46.3 Å². The molecular weight excluding hydrogens is 375 g/mol. The number of allylic oxidation sites excluding steroid dienone is 2. The molecule has 1 aliphatic carbocycles. The molecule has 1 aromatic rings. The smallest absolute Gasteiger partial charge is 0.306 e. The standard InChI is InChI=1S/C16H14Cl2O7/c1-23-7-4-8(24-2)11(9(5-7)25-3)12-13(17)15(22)16(18,14(12)21)6-10(19)20/h4-5H,6H2,1-3H3,(H,19,20). The van der Waals surface area contributed by atoms with Gasteiger partial charge in [0.25, 0.3) is 0 Å². The lowest BCUT2D eigenvalue weighted by atomic mass is 9.94. The van der Waals surface area contributed by atoms with Crippen LogP contribution in [0.2, 0.25) is 0 Å². The molecule has 9 heteroatoms. The van der Waals surface area contributed by atoms with E-state index in [1.807, 2.05) is 0 Å². The van der Waals surface area contributed by atoms with Crippen LogP contribution in [0.4, 0.5) is 0 Å². The number of halogens is 2. The molecular formula is C16H14Cl2O7. The van der Waals surface area contributed by atoms with Gasteiger partial charge in [-0.05, 0) is 0 Å². The minimum Gasteiger partial charge on any atom is -0.496 e. The van der Waals surface area contributed by atoms with E-state index in [2.05, 4.69) is 0 Å². The second-order valence-corrected chi connectivity index (χ2v) is 6.15. The maximum absolute atomic E-state index is 12.8. The van der Waals surface area contributed by atoms with E-state index in [1.165, 1.54) is 33.5 Å². The van der Waals surface area contributed by atoms with E-state index in [9.17, 15) is 14.4 Å². The highest BCUT2D eigenvalue weighted by Gasteiger charge is 2.55. The van der Waals surface area contributed by atoms with Crippen molar-refractivity contribution in [3.05, 3.63) is 22.7 Å². The highest BCUT2D eigenvalue weighted by atomic mass is 35.5. The van der Waals surface area contributed by atoms with Crippen molar-refractivity contribution in [3.63, 3.8) is 0 Å². The summed E-state index contributed by atoms with van der Waals surface area (Å²) < 4.78 is 15.6. The number of carboxylic acid groups (broad SMARTS) is 1. The molecule has 134 valence electrons. The van der Waals surface area contributed by atoms with E-state index < -0.39 is 33.9 Å². The molecule has 2 rings (SSSR count). The summed E-state index contributed by atoms with van der Waals surface area (Å²) in [6.07, 6.45) is -0.896. The van der Waals surface area contributed by atoms with E-state index in [-0.39, 0.29) is 22.6 Å². The fourth-order valence-electron chi connectivity index (χ4n) is 2.53. The van der Waals surface area contributed by atoms with Gasteiger partial charge in [0.15, 0.2) is 10.7 Å². The lowest BCUT2D eigenvalue weighted by Gasteiger charge is -2.18. The molecule has 0 radical (unpaired) electrons. The van der Waals surface area contributed by atoms with E-state index in [0.717, 1.165) is 0 Å². The van der Waals surface area contributed by atoms with Crippen LogP contribution in [0.15, 0.2) is 17.2 Å². The van der Waals surface area contributed by atoms with Crippen LogP contribution in [0.25, 0.3) is 5.57 Å². The Morgan fingerprint density at radius 1 is 1.08 bits per heavy atom. The number of hydrogen-bond acceptors (Lipinski definition) is 6. The molecule has 1 unspecified atom stereocenters. The average Bonchev–Trinajstić information content (AvgIpc) is 2.74. The number of carbonyl (C=O) groups excluding carboxylic acids is 2. The number of alkyl halides is 1. The largest absolute Gasteiger partial charge is 0.496 e. The second kappa shape index (κ2) is 6.93. The molecule has 0 amide bonds. The predicted octanol–water partition coefficient (Wildman–Crippen LogP) is 2.27. The van der Waals surface area contributed by atoms with Gasteiger partial charge in [-0.25, -0.2) is 0 Å². The zero-order chi connectivity index (χ0) is 18.9. The van der Waals surface area contributed by atoms with Crippen molar-refractivity contribution in [2.24, 2.45) is 0 Å². The normalized spacial score (nSPS) is 20.0. The Kier molecular flexibility index (Phi) is 5.29. The Hall–Kier alpha value is -2.25. The van der Waals surface area contributed by atoms with Gasteiger partial charge in [-0.15, -0.1) is 11.6 Å². The van der Waals surface area contributed by atoms with E-state index >= 15 is 0 Å². The number of methoxy groups -OCH3 is 3. The maximum Gasteiger partial charge on any atom is 0.306 e. The van der Waals surface area contributed by atoms with Crippen molar-refractivity contribution in [3.8, 4) is 17.2 Å². The molecule has 0 saturated carbocycles. The van der Waals surface area contributed by atoms with Crippen molar-refractivity contribution in [2.45, 2.75) is 11.3 Å². The summed E-state index contributed by atoms with van der Waals surface area (Å²) in [5.41, 5.74) is -0.152. The quantitative estimate of drug-likeness (QED) is 0.589. The summed E-state index contributed by atoms with van der Waals surface area (Å²) in [5, 5.41) is 8.50. The molecule has 25 heavy (non-hydrogen) atoms. The zero-order valence-electron chi connectivity index (χ0n) is 13.5. The number of ketones is 2. The van der Waals surface area contributed by atoms with Gasteiger partial charge in [-0.3, -0.25) is 14.4 Å². The van der Waals surface area contributed by atoms with Gasteiger partial charge >= 0.3 is 5.97 Å². The number of carbonyl (C=O) groups is 3. The Labute approximate surface area is 153 Å². The third-order valence-electron chi connectivity index (χ3n) is 3.73. The van der Waals surface area contributed by atoms with Crippen LogP contribution in [0, 0.1) is 0 Å². The van der Waals surface area contributed by atoms with Crippen molar-refractivity contribution < 1.29 is 33.7 Å². The molecule has 0 heterocycles. The summed E-state index contributed by atoms with van der Waals surface area (Å²) in [5.74, 6) is -2.61. The summed E-state index contributed by atoms with van der Waals surface area (Å²) in [6, 6.07) is 2.94. The third kappa shape index (κ3) is 3.05. The lowest BCUT2D eigenvalue weighted by Crippen LogP contribution is -2.38. The predicted molar refractivity (Wildman–Crippen MR) is 89.7 cm³/mol. The SMILES string of the molecule is COc1cc(OC)c(C2=C(Cl)C(=O)C(Cl)(CC(=O)O)C2=O)c(OC)c1. The van der Waals surface area contributed by atoms with Gasteiger partial charge < -0.3 is 19.3 Å². The zero-order valence-corrected chi connectivity index (χ0v) is 15.0. The number of ether oxygens (including phenoxy) is 3. The average molecular weight is 389 g/mol. The van der Waals surface area contributed by atoms with Crippen molar-refractivity contribution in [2.75, 3.05) is 21.3 Å². The molecule has 1 N–H and O–H groups in total. The van der Waals surface area contributed by atoms with Gasteiger partial charge in [0.2, 0.25) is 5.78 Å². The number of hydrogen-bond donors (Lipinski definition) is 1. The third-order valence-corrected chi connectivity index (χ3v) is 4.56. The highest BCUT2D eigenvalue weighted by Crippen LogP contribution is 2.48. The Bertz CT molecular complexity index is 775. The Morgan fingerprint density at radius 3 is 2.00 bits per heavy atom. The van der Waals surface area contributed by atoms with Crippen LogP contribution in [0.5, 0.6) is 17.2 Å². The number of benzene rings is 1. The molecule has 1 aromatic carbocycles. The van der Waals surface area contributed by atoms with Crippen LogP contribution >= 0.6 is 23.2 Å². The van der Waals surface area contributed by atoms with Crippen molar-refractivity contribution in [1.29, 1.82) is 0 Å². The van der Waals surface area contributed by atoms with Crippen LogP contribution in [0.1, 0.15) is 12.0 Å². The fourth-order valence-corrected chi connectivity index (χ4v) is 3.23. The number of carboxylic acids is 1. The minimum absolute atomic E-state index is 0.0991. The lowest BCUT2D eigenvalue weighted by molar-refractivity contribution is -0.141. The minimum atomic E-state index is -2.30. The van der Waals surface area contributed by atoms with Gasteiger partial charge in [-0.2, -0.15) is 0 Å². The Balaban J connectivity index is 2.72. The van der Waals surface area contributed by atoms with Gasteiger partial charge in [0.05, 0.1) is 43.9 Å². The van der Waals surface area contributed by atoms with Crippen molar-refractivity contribution in [1.82, 2.24) is 0 Å². The van der Waals surface area contributed by atoms with Crippen LogP contribution in [-0.4, -0.2) is 48.8 Å². The molecule has 0 aliphatic heterocycles. The molecule has 0 bridgehead atoms. The van der Waals surface area contributed by atoms with E-state index in [4.69, 9.17) is 42.5 Å². The first-order chi connectivity index (χ1) is 11.7. The van der Waals surface area contributed by atoms with Crippen LogP contribution in [-0.2, 0) is 14.4 Å².